The van der Waals surface area contributed by atoms with Crippen LogP contribution in [-0.2, 0) is 4.79 Å². The van der Waals surface area contributed by atoms with Crippen LogP contribution in [0.2, 0.25) is 0 Å². The number of hydrogen-bond donors (Lipinski definition) is 1. The highest BCUT2D eigenvalue weighted by Crippen LogP contribution is 2.31. The third-order valence-electron chi connectivity index (χ3n) is 3.40. The molecule has 21 heavy (non-hydrogen) atoms. The van der Waals surface area contributed by atoms with Crippen LogP contribution in [0.4, 0.5) is 0 Å². The molecular formula is C13H17N5OS2. The topological polar surface area (TPSA) is 74.8 Å². The summed E-state index contributed by atoms with van der Waals surface area (Å²) in [6, 6.07) is 0.0149. The van der Waals surface area contributed by atoms with Crippen LogP contribution in [0, 0.1) is 13.8 Å². The first kappa shape index (κ1) is 14.5. The van der Waals surface area contributed by atoms with Gasteiger partial charge in [-0.05, 0) is 26.7 Å². The fourth-order valence-electron chi connectivity index (χ4n) is 2.45. The number of thioether (sulfide) groups is 1. The minimum Gasteiger partial charge on any atom is -0.332 e. The second-order valence-electron chi connectivity index (χ2n) is 5.07. The lowest BCUT2D eigenvalue weighted by Gasteiger charge is -2.22. The molecule has 8 heteroatoms. The molecule has 0 aromatic carbocycles. The van der Waals surface area contributed by atoms with Crippen molar-refractivity contribution >= 4 is 29.0 Å². The van der Waals surface area contributed by atoms with E-state index < -0.39 is 0 Å². The monoisotopic (exact) mass is 323 g/mol. The van der Waals surface area contributed by atoms with E-state index in [0.717, 1.165) is 41.1 Å². The molecule has 3 rings (SSSR count). The maximum Gasteiger partial charge on any atom is 0.233 e. The summed E-state index contributed by atoms with van der Waals surface area (Å²) in [5.74, 6) is 2.08. The van der Waals surface area contributed by atoms with Gasteiger partial charge >= 0.3 is 0 Å². The number of aryl methyl sites for hydroxylation is 2. The van der Waals surface area contributed by atoms with Gasteiger partial charge in [0.1, 0.15) is 5.82 Å². The van der Waals surface area contributed by atoms with Gasteiger partial charge in [0.25, 0.3) is 0 Å². The molecule has 1 fully saturated rings. The number of likely N-dealkylation sites (tertiary alicyclic amines) is 1. The van der Waals surface area contributed by atoms with Crippen molar-refractivity contribution in [1.29, 1.82) is 0 Å². The fourth-order valence-corrected chi connectivity index (χ4v) is 4.18. The minimum atomic E-state index is 0.0149. The van der Waals surface area contributed by atoms with Crippen LogP contribution < -0.4 is 0 Å². The highest BCUT2D eigenvalue weighted by atomic mass is 32.2. The van der Waals surface area contributed by atoms with E-state index in [1.54, 1.807) is 11.3 Å². The van der Waals surface area contributed by atoms with Crippen molar-refractivity contribution in [1.82, 2.24) is 25.1 Å². The number of nitrogens with zero attached hydrogens (tertiary/aromatic N) is 4. The number of H-pyrrole nitrogens is 1. The van der Waals surface area contributed by atoms with Gasteiger partial charge in [0.15, 0.2) is 10.2 Å². The highest BCUT2D eigenvalue weighted by molar-refractivity contribution is 8.01. The van der Waals surface area contributed by atoms with Crippen LogP contribution in [0.15, 0.2) is 9.72 Å². The number of thiazole rings is 1. The number of aromatic nitrogens is 4. The number of hydrogen-bond acceptors (Lipinski definition) is 6. The average Bonchev–Trinajstić information content (AvgIpc) is 3.16. The van der Waals surface area contributed by atoms with Crippen molar-refractivity contribution in [3.05, 3.63) is 22.7 Å². The second-order valence-corrected chi connectivity index (χ2v) is 7.15. The van der Waals surface area contributed by atoms with Crippen LogP contribution in [0.1, 0.15) is 36.2 Å². The van der Waals surface area contributed by atoms with Gasteiger partial charge in [-0.2, -0.15) is 5.10 Å². The molecule has 1 amide bonds. The number of carbonyl (C=O) groups excluding carboxylic acids is 1. The molecule has 0 bridgehead atoms. The molecule has 1 aliphatic heterocycles. The van der Waals surface area contributed by atoms with E-state index >= 15 is 0 Å². The summed E-state index contributed by atoms with van der Waals surface area (Å²) in [6.45, 7) is 4.62. The molecule has 6 nitrogen and oxygen atoms in total. The SMILES string of the molecule is Cc1csc(SCC(=O)N2CCC[C@H]2c2n[nH]c(C)n2)n1. The van der Waals surface area contributed by atoms with Gasteiger partial charge in [0, 0.05) is 17.6 Å². The van der Waals surface area contributed by atoms with Gasteiger partial charge in [0.05, 0.1) is 11.8 Å². The summed E-state index contributed by atoms with van der Waals surface area (Å²) in [7, 11) is 0. The summed E-state index contributed by atoms with van der Waals surface area (Å²) < 4.78 is 0.949. The average molecular weight is 323 g/mol. The first-order chi connectivity index (χ1) is 10.1. The zero-order valence-electron chi connectivity index (χ0n) is 12.0. The predicted octanol–water partition coefficient (Wildman–Crippen LogP) is 2.33. The standard InChI is InChI=1S/C13H17N5OS2/c1-8-6-20-13(14-8)21-7-11(19)18-5-3-4-10(18)12-15-9(2)16-17-12/h6,10H,3-5,7H2,1-2H3,(H,15,16,17)/t10-/m0/s1. The Balaban J connectivity index is 1.63. The van der Waals surface area contributed by atoms with E-state index in [9.17, 15) is 4.79 Å². The number of carbonyl (C=O) groups is 1. The Hall–Kier alpha value is -1.41. The molecule has 2 aromatic rings. The fraction of sp³-hybridized carbons (Fsp3) is 0.538. The Morgan fingerprint density at radius 3 is 3.05 bits per heavy atom. The quantitative estimate of drug-likeness (QED) is 0.874. The number of nitrogens with one attached hydrogen (secondary N) is 1. The van der Waals surface area contributed by atoms with Gasteiger partial charge in [-0.15, -0.1) is 11.3 Å². The highest BCUT2D eigenvalue weighted by Gasteiger charge is 2.32. The smallest absolute Gasteiger partial charge is 0.233 e. The van der Waals surface area contributed by atoms with E-state index in [0.29, 0.717) is 5.75 Å². The van der Waals surface area contributed by atoms with E-state index in [2.05, 4.69) is 20.2 Å². The largest absolute Gasteiger partial charge is 0.332 e. The van der Waals surface area contributed by atoms with E-state index in [1.165, 1.54) is 11.8 Å². The summed E-state index contributed by atoms with van der Waals surface area (Å²) >= 11 is 3.09. The van der Waals surface area contributed by atoms with Crippen LogP contribution in [0.3, 0.4) is 0 Å². The molecule has 0 unspecified atom stereocenters. The van der Waals surface area contributed by atoms with Crippen LogP contribution in [0.25, 0.3) is 0 Å². The first-order valence-electron chi connectivity index (χ1n) is 6.87. The first-order valence-corrected chi connectivity index (χ1v) is 8.73. The van der Waals surface area contributed by atoms with E-state index in [1.807, 2.05) is 24.1 Å². The summed E-state index contributed by atoms with van der Waals surface area (Å²) in [5, 5.41) is 9.06. The normalized spacial score (nSPS) is 18.4. The van der Waals surface area contributed by atoms with Gasteiger partial charge in [-0.25, -0.2) is 9.97 Å². The maximum atomic E-state index is 12.4. The third-order valence-corrected chi connectivity index (χ3v) is 5.53. The maximum absolute atomic E-state index is 12.4. The lowest BCUT2D eigenvalue weighted by molar-refractivity contribution is -0.129. The molecule has 1 atom stereocenters. The van der Waals surface area contributed by atoms with E-state index in [4.69, 9.17) is 0 Å². The molecule has 0 radical (unpaired) electrons. The molecule has 3 heterocycles. The van der Waals surface area contributed by atoms with Crippen molar-refractivity contribution in [3.8, 4) is 0 Å². The van der Waals surface area contributed by atoms with Crippen molar-refractivity contribution in [2.24, 2.45) is 0 Å². The second kappa shape index (κ2) is 6.15. The lowest BCUT2D eigenvalue weighted by atomic mass is 10.2. The van der Waals surface area contributed by atoms with Gasteiger partial charge < -0.3 is 4.90 Å². The summed E-state index contributed by atoms with van der Waals surface area (Å²) in [5.41, 5.74) is 1.00. The van der Waals surface area contributed by atoms with Crippen molar-refractivity contribution in [2.75, 3.05) is 12.3 Å². The number of amides is 1. The molecule has 1 saturated heterocycles. The van der Waals surface area contributed by atoms with Crippen molar-refractivity contribution < 1.29 is 4.79 Å². The predicted molar refractivity (Wildman–Crippen MR) is 82.4 cm³/mol. The van der Waals surface area contributed by atoms with Gasteiger partial charge in [-0.3, -0.25) is 9.89 Å². The Morgan fingerprint density at radius 1 is 1.52 bits per heavy atom. The molecule has 2 aromatic heterocycles. The Morgan fingerprint density at radius 2 is 2.38 bits per heavy atom. The Bertz CT molecular complexity index is 638. The number of aromatic amines is 1. The van der Waals surface area contributed by atoms with E-state index in [-0.39, 0.29) is 11.9 Å². The molecular weight excluding hydrogens is 306 g/mol. The summed E-state index contributed by atoms with van der Waals surface area (Å²) in [4.78, 5) is 23.1. The summed E-state index contributed by atoms with van der Waals surface area (Å²) in [6.07, 6.45) is 1.94. The van der Waals surface area contributed by atoms with Crippen molar-refractivity contribution in [2.45, 2.75) is 37.1 Å². The van der Waals surface area contributed by atoms with Crippen LogP contribution in [0.5, 0.6) is 0 Å². The zero-order valence-corrected chi connectivity index (χ0v) is 13.6. The zero-order chi connectivity index (χ0) is 14.8. The third kappa shape index (κ3) is 3.26. The van der Waals surface area contributed by atoms with Crippen molar-refractivity contribution in [3.63, 3.8) is 0 Å². The molecule has 0 saturated carbocycles. The van der Waals surface area contributed by atoms with Crippen LogP contribution in [-0.4, -0.2) is 43.3 Å². The molecule has 112 valence electrons. The minimum absolute atomic E-state index is 0.0149. The Labute approximate surface area is 131 Å². The molecule has 1 aliphatic rings. The molecule has 0 aliphatic carbocycles. The van der Waals surface area contributed by atoms with Gasteiger partial charge in [0.2, 0.25) is 5.91 Å². The molecule has 1 N–H and O–H groups in total. The van der Waals surface area contributed by atoms with Gasteiger partial charge in [-0.1, -0.05) is 11.8 Å². The molecule has 0 spiro atoms. The van der Waals surface area contributed by atoms with Crippen LogP contribution >= 0.6 is 23.1 Å². The number of rotatable bonds is 4. The lowest BCUT2D eigenvalue weighted by Crippen LogP contribution is -2.32. The Kier molecular flexibility index (Phi) is 4.25.